The Bertz CT molecular complexity index is 282. The van der Waals surface area contributed by atoms with E-state index >= 15 is 0 Å². The molecule has 5 nitrogen and oxygen atoms in total. The first-order valence-electron chi connectivity index (χ1n) is 5.34. The minimum absolute atomic E-state index is 0.170. The van der Waals surface area contributed by atoms with E-state index in [1.807, 2.05) is 0 Å². The summed E-state index contributed by atoms with van der Waals surface area (Å²) in [6.07, 6.45) is -0.348. The molecule has 1 heterocycles. The molecule has 0 radical (unpaired) electrons. The summed E-state index contributed by atoms with van der Waals surface area (Å²) >= 11 is 0. The highest BCUT2D eigenvalue weighted by Gasteiger charge is 2.25. The fraction of sp³-hybridized carbons (Fsp3) is 1.00. The van der Waals surface area contributed by atoms with Crippen LogP contribution in [0.4, 0.5) is 0 Å². The molecule has 1 saturated heterocycles. The van der Waals surface area contributed by atoms with E-state index in [0.29, 0.717) is 32.7 Å². The number of hydrogen-bond acceptors (Lipinski definition) is 4. The normalized spacial score (nSPS) is 22.9. The van der Waals surface area contributed by atoms with Crippen molar-refractivity contribution in [2.75, 3.05) is 38.5 Å². The molecule has 0 aromatic carbocycles. The van der Waals surface area contributed by atoms with Crippen molar-refractivity contribution < 1.29 is 13.5 Å². The highest BCUT2D eigenvalue weighted by atomic mass is 32.2. The highest BCUT2D eigenvalue weighted by Crippen LogP contribution is 2.08. The molecule has 90 valence electrons. The van der Waals surface area contributed by atoms with Gasteiger partial charge in [0.25, 0.3) is 0 Å². The van der Waals surface area contributed by atoms with Crippen molar-refractivity contribution >= 4 is 10.0 Å². The van der Waals surface area contributed by atoms with E-state index in [2.05, 4.69) is 4.90 Å². The maximum Gasteiger partial charge on any atom is 0.213 e. The van der Waals surface area contributed by atoms with Gasteiger partial charge in [-0.1, -0.05) is 0 Å². The lowest BCUT2D eigenvalue weighted by molar-refractivity contribution is 0.103. The summed E-state index contributed by atoms with van der Waals surface area (Å²) in [4.78, 5) is 2.09. The molecule has 0 spiro atoms. The van der Waals surface area contributed by atoms with Crippen LogP contribution >= 0.6 is 0 Å². The molecule has 0 aromatic rings. The van der Waals surface area contributed by atoms with E-state index in [-0.39, 0.29) is 11.9 Å². The Balaban J connectivity index is 2.43. The first-order chi connectivity index (χ1) is 6.95. The summed E-state index contributed by atoms with van der Waals surface area (Å²) in [6.45, 7) is 6.55. The summed E-state index contributed by atoms with van der Waals surface area (Å²) in [7, 11) is -3.03. The lowest BCUT2D eigenvalue weighted by Gasteiger charge is -2.34. The van der Waals surface area contributed by atoms with Crippen LogP contribution in [-0.4, -0.2) is 67.3 Å². The van der Waals surface area contributed by atoms with E-state index in [1.165, 1.54) is 4.31 Å². The number of rotatable bonds is 4. The van der Waals surface area contributed by atoms with Crippen LogP contribution in [0.3, 0.4) is 0 Å². The van der Waals surface area contributed by atoms with Gasteiger partial charge in [-0.15, -0.1) is 0 Å². The molecule has 1 aliphatic heterocycles. The fourth-order valence-corrected chi connectivity index (χ4v) is 2.83. The number of aliphatic hydroxyl groups excluding tert-OH is 1. The summed E-state index contributed by atoms with van der Waals surface area (Å²) < 4.78 is 24.6. The van der Waals surface area contributed by atoms with E-state index in [0.717, 1.165) is 0 Å². The molecule has 1 fully saturated rings. The van der Waals surface area contributed by atoms with Gasteiger partial charge in [0, 0.05) is 32.7 Å². The second-order valence-electron chi connectivity index (χ2n) is 3.95. The Morgan fingerprint density at radius 3 is 2.20 bits per heavy atom. The van der Waals surface area contributed by atoms with E-state index in [9.17, 15) is 13.5 Å². The van der Waals surface area contributed by atoms with Crippen molar-refractivity contribution in [1.82, 2.24) is 9.21 Å². The fourth-order valence-electron chi connectivity index (χ4n) is 1.75. The maximum absolute atomic E-state index is 11.5. The summed E-state index contributed by atoms with van der Waals surface area (Å²) in [5, 5.41) is 9.20. The summed E-state index contributed by atoms with van der Waals surface area (Å²) in [5.41, 5.74) is 0. The second kappa shape index (κ2) is 5.25. The molecule has 1 atom stereocenters. The van der Waals surface area contributed by atoms with Gasteiger partial charge in [0.05, 0.1) is 11.9 Å². The van der Waals surface area contributed by atoms with Crippen LogP contribution < -0.4 is 0 Å². The minimum Gasteiger partial charge on any atom is -0.392 e. The Hall–Kier alpha value is -0.170. The van der Waals surface area contributed by atoms with Gasteiger partial charge in [-0.2, -0.15) is 4.31 Å². The van der Waals surface area contributed by atoms with Crippen LogP contribution in [0.15, 0.2) is 0 Å². The summed E-state index contributed by atoms with van der Waals surface area (Å²) in [6, 6.07) is 0. The minimum atomic E-state index is -3.03. The third-order valence-corrected chi connectivity index (χ3v) is 4.49. The molecule has 0 saturated carbocycles. The Morgan fingerprint density at radius 1 is 1.27 bits per heavy atom. The lowest BCUT2D eigenvalue weighted by Crippen LogP contribution is -2.50. The van der Waals surface area contributed by atoms with Gasteiger partial charge >= 0.3 is 0 Å². The predicted octanol–water partition coefficient (Wildman–Crippen LogP) is -0.665. The first kappa shape index (κ1) is 12.9. The van der Waals surface area contributed by atoms with Crippen molar-refractivity contribution in [3.05, 3.63) is 0 Å². The van der Waals surface area contributed by atoms with Crippen LogP contribution in [0.5, 0.6) is 0 Å². The molecule has 1 aliphatic rings. The van der Waals surface area contributed by atoms with Gasteiger partial charge in [-0.3, -0.25) is 4.90 Å². The molecule has 0 unspecified atom stereocenters. The zero-order valence-electron chi connectivity index (χ0n) is 9.39. The van der Waals surface area contributed by atoms with Crippen molar-refractivity contribution in [3.8, 4) is 0 Å². The SMILES string of the molecule is CCS(=O)(=O)N1CCN(C[C@H](C)O)CC1. The second-order valence-corrected chi connectivity index (χ2v) is 6.21. The highest BCUT2D eigenvalue weighted by molar-refractivity contribution is 7.89. The lowest BCUT2D eigenvalue weighted by atomic mass is 10.3. The maximum atomic E-state index is 11.5. The number of hydrogen-bond donors (Lipinski definition) is 1. The molecule has 0 bridgehead atoms. The molecular weight excluding hydrogens is 216 g/mol. The molecule has 0 aliphatic carbocycles. The van der Waals surface area contributed by atoms with Gasteiger partial charge in [-0.05, 0) is 13.8 Å². The van der Waals surface area contributed by atoms with Crippen LogP contribution in [0, 0.1) is 0 Å². The van der Waals surface area contributed by atoms with Crippen molar-refractivity contribution in [1.29, 1.82) is 0 Å². The van der Waals surface area contributed by atoms with Crippen molar-refractivity contribution in [3.63, 3.8) is 0 Å². The third-order valence-electron chi connectivity index (χ3n) is 2.61. The van der Waals surface area contributed by atoms with Crippen LogP contribution in [0.1, 0.15) is 13.8 Å². The molecule has 0 aromatic heterocycles. The van der Waals surface area contributed by atoms with Crippen LogP contribution in [0.25, 0.3) is 0 Å². The molecule has 1 rings (SSSR count). The van der Waals surface area contributed by atoms with Crippen LogP contribution in [-0.2, 0) is 10.0 Å². The zero-order chi connectivity index (χ0) is 11.5. The van der Waals surface area contributed by atoms with E-state index < -0.39 is 10.0 Å². The van der Waals surface area contributed by atoms with E-state index in [1.54, 1.807) is 13.8 Å². The number of sulfonamides is 1. The molecular formula is C9H20N2O3S. The first-order valence-corrected chi connectivity index (χ1v) is 6.95. The van der Waals surface area contributed by atoms with Gasteiger partial charge in [0.15, 0.2) is 0 Å². The third kappa shape index (κ3) is 3.71. The number of piperazine rings is 1. The smallest absolute Gasteiger partial charge is 0.213 e. The topological polar surface area (TPSA) is 60.9 Å². The van der Waals surface area contributed by atoms with Gasteiger partial charge in [-0.25, -0.2) is 8.42 Å². The Labute approximate surface area is 91.7 Å². The number of aliphatic hydroxyl groups is 1. The Morgan fingerprint density at radius 2 is 1.80 bits per heavy atom. The van der Waals surface area contributed by atoms with E-state index in [4.69, 9.17) is 0 Å². The molecule has 0 amide bonds. The standard InChI is InChI=1S/C9H20N2O3S/c1-3-15(13,14)11-6-4-10(5-7-11)8-9(2)12/h9,12H,3-8H2,1-2H3/t9-/m0/s1. The predicted molar refractivity (Wildman–Crippen MR) is 59.2 cm³/mol. The zero-order valence-corrected chi connectivity index (χ0v) is 10.2. The largest absolute Gasteiger partial charge is 0.392 e. The Kier molecular flexibility index (Phi) is 4.51. The van der Waals surface area contributed by atoms with Crippen LogP contribution in [0.2, 0.25) is 0 Å². The monoisotopic (exact) mass is 236 g/mol. The van der Waals surface area contributed by atoms with Crippen molar-refractivity contribution in [2.24, 2.45) is 0 Å². The molecule has 1 N–H and O–H groups in total. The molecule has 6 heteroatoms. The number of β-amino-alcohol motifs (C(OH)–C–C–N with tert-alkyl or cyclic N) is 1. The molecule has 15 heavy (non-hydrogen) atoms. The average molecular weight is 236 g/mol. The summed E-state index contributed by atoms with van der Waals surface area (Å²) in [5.74, 6) is 0.170. The van der Waals surface area contributed by atoms with Gasteiger partial charge in [0.1, 0.15) is 0 Å². The average Bonchev–Trinajstić information content (AvgIpc) is 2.18. The quantitative estimate of drug-likeness (QED) is 0.703. The number of nitrogens with zero attached hydrogens (tertiary/aromatic N) is 2. The van der Waals surface area contributed by atoms with Crippen molar-refractivity contribution in [2.45, 2.75) is 20.0 Å². The van der Waals surface area contributed by atoms with Gasteiger partial charge in [0.2, 0.25) is 10.0 Å². The van der Waals surface area contributed by atoms with Gasteiger partial charge < -0.3 is 5.11 Å².